The van der Waals surface area contributed by atoms with Crippen molar-refractivity contribution >= 4 is 38.8 Å². The first-order chi connectivity index (χ1) is 9.06. The van der Waals surface area contributed by atoms with Crippen molar-refractivity contribution in [3.8, 4) is 0 Å². The Balaban J connectivity index is 1.96. The fourth-order valence-electron chi connectivity index (χ4n) is 2.45. The fraction of sp³-hybridized carbons (Fsp3) is 0.500. The van der Waals surface area contributed by atoms with Gasteiger partial charge in [-0.25, -0.2) is 0 Å². The van der Waals surface area contributed by atoms with E-state index in [2.05, 4.69) is 33.1 Å². The Morgan fingerprint density at radius 3 is 2.74 bits per heavy atom. The molecule has 1 aliphatic rings. The van der Waals surface area contributed by atoms with E-state index in [9.17, 15) is 0 Å². The molecule has 5 heteroatoms. The average Bonchev–Trinajstić information content (AvgIpc) is 2.84. The molecule has 1 aromatic carbocycles. The van der Waals surface area contributed by atoms with E-state index >= 15 is 0 Å². The third-order valence-electron chi connectivity index (χ3n) is 3.39. The molecule has 0 saturated carbocycles. The first kappa shape index (κ1) is 14.8. The number of nitrogens with zero attached hydrogens (tertiary/aromatic N) is 1. The second-order valence-electron chi connectivity index (χ2n) is 5.11. The molecule has 0 spiro atoms. The Labute approximate surface area is 128 Å². The molecule has 1 fully saturated rings. The SMILES string of the molecule is CC(CN1CCCC1)Nc1ccc(C(N)=S)cc1Br. The fourth-order valence-corrected chi connectivity index (χ4v) is 3.07. The number of likely N-dealkylation sites (tertiary alicyclic amines) is 1. The zero-order valence-electron chi connectivity index (χ0n) is 11.2. The lowest BCUT2D eigenvalue weighted by Gasteiger charge is -2.22. The Kier molecular flexibility index (Phi) is 5.19. The largest absolute Gasteiger partial charge is 0.389 e. The summed E-state index contributed by atoms with van der Waals surface area (Å²) in [5, 5.41) is 3.53. The smallest absolute Gasteiger partial charge is 0.104 e. The van der Waals surface area contributed by atoms with E-state index in [-0.39, 0.29) is 0 Å². The molecule has 19 heavy (non-hydrogen) atoms. The monoisotopic (exact) mass is 341 g/mol. The van der Waals surface area contributed by atoms with Gasteiger partial charge in [0, 0.05) is 28.3 Å². The summed E-state index contributed by atoms with van der Waals surface area (Å²) >= 11 is 8.54. The molecule has 0 bridgehead atoms. The highest BCUT2D eigenvalue weighted by Gasteiger charge is 2.15. The number of benzene rings is 1. The lowest BCUT2D eigenvalue weighted by molar-refractivity contribution is 0.328. The van der Waals surface area contributed by atoms with Gasteiger partial charge in [-0.2, -0.15) is 0 Å². The minimum absolute atomic E-state index is 0.421. The van der Waals surface area contributed by atoms with Crippen molar-refractivity contribution < 1.29 is 0 Å². The molecule has 3 nitrogen and oxygen atoms in total. The number of nitrogens with two attached hydrogens (primary N) is 1. The van der Waals surface area contributed by atoms with Crippen molar-refractivity contribution in [3.05, 3.63) is 28.2 Å². The van der Waals surface area contributed by atoms with Crippen molar-refractivity contribution in [1.82, 2.24) is 4.90 Å². The summed E-state index contributed by atoms with van der Waals surface area (Å²) in [6, 6.07) is 6.37. The topological polar surface area (TPSA) is 41.3 Å². The van der Waals surface area contributed by atoms with Crippen molar-refractivity contribution in [2.45, 2.75) is 25.8 Å². The van der Waals surface area contributed by atoms with E-state index in [4.69, 9.17) is 18.0 Å². The molecule has 0 aromatic heterocycles. The maximum atomic E-state index is 5.63. The second-order valence-corrected chi connectivity index (χ2v) is 6.41. The van der Waals surface area contributed by atoms with Gasteiger partial charge in [0.25, 0.3) is 0 Å². The van der Waals surface area contributed by atoms with Crippen LogP contribution in [-0.4, -0.2) is 35.6 Å². The summed E-state index contributed by atoms with van der Waals surface area (Å²) in [4.78, 5) is 2.94. The van der Waals surface area contributed by atoms with Crippen LogP contribution in [0, 0.1) is 0 Å². The Bertz CT molecular complexity index is 458. The molecule has 1 saturated heterocycles. The van der Waals surface area contributed by atoms with Crippen LogP contribution in [0.5, 0.6) is 0 Å². The van der Waals surface area contributed by atoms with Gasteiger partial charge in [-0.1, -0.05) is 12.2 Å². The number of rotatable bonds is 5. The summed E-state index contributed by atoms with van der Waals surface area (Å²) in [7, 11) is 0. The zero-order chi connectivity index (χ0) is 13.8. The summed E-state index contributed by atoms with van der Waals surface area (Å²) in [5.74, 6) is 0. The minimum Gasteiger partial charge on any atom is -0.389 e. The van der Waals surface area contributed by atoms with Crippen molar-refractivity contribution in [3.63, 3.8) is 0 Å². The molecular formula is C14H20BrN3S. The summed E-state index contributed by atoms with van der Waals surface area (Å²) in [6.07, 6.45) is 2.66. The highest BCUT2D eigenvalue weighted by molar-refractivity contribution is 9.10. The van der Waals surface area contributed by atoms with Crippen molar-refractivity contribution in [2.75, 3.05) is 25.0 Å². The minimum atomic E-state index is 0.421. The van der Waals surface area contributed by atoms with Crippen LogP contribution in [0.2, 0.25) is 0 Å². The van der Waals surface area contributed by atoms with Crippen LogP contribution in [0.15, 0.2) is 22.7 Å². The molecule has 104 valence electrons. The predicted octanol–water partition coefficient (Wildman–Crippen LogP) is 2.98. The van der Waals surface area contributed by atoms with Crippen LogP contribution in [0.3, 0.4) is 0 Å². The number of hydrogen-bond donors (Lipinski definition) is 2. The highest BCUT2D eigenvalue weighted by Crippen LogP contribution is 2.24. The van der Waals surface area contributed by atoms with Crippen LogP contribution < -0.4 is 11.1 Å². The van der Waals surface area contributed by atoms with Gasteiger partial charge in [-0.15, -0.1) is 0 Å². The Morgan fingerprint density at radius 2 is 2.16 bits per heavy atom. The lowest BCUT2D eigenvalue weighted by atomic mass is 10.2. The van der Waals surface area contributed by atoms with Gasteiger partial charge < -0.3 is 16.0 Å². The Hall–Kier alpha value is -0.650. The molecule has 1 aromatic rings. The van der Waals surface area contributed by atoms with Gasteiger partial charge in [0.1, 0.15) is 4.99 Å². The molecule has 1 atom stereocenters. The molecule has 0 aliphatic carbocycles. The first-order valence-electron chi connectivity index (χ1n) is 6.64. The number of nitrogens with one attached hydrogen (secondary N) is 1. The van der Waals surface area contributed by atoms with Crippen LogP contribution in [0.4, 0.5) is 5.69 Å². The lowest BCUT2D eigenvalue weighted by Crippen LogP contribution is -2.33. The molecule has 0 radical (unpaired) electrons. The maximum Gasteiger partial charge on any atom is 0.104 e. The van der Waals surface area contributed by atoms with Gasteiger partial charge in [0.05, 0.1) is 0 Å². The second kappa shape index (κ2) is 6.68. The molecule has 2 rings (SSSR count). The van der Waals surface area contributed by atoms with Crippen molar-refractivity contribution in [1.29, 1.82) is 0 Å². The van der Waals surface area contributed by atoms with E-state index in [0.29, 0.717) is 11.0 Å². The third kappa shape index (κ3) is 4.16. The normalized spacial score (nSPS) is 17.4. The van der Waals surface area contributed by atoms with Gasteiger partial charge in [-0.3, -0.25) is 0 Å². The summed E-state index contributed by atoms with van der Waals surface area (Å²) < 4.78 is 1.01. The number of hydrogen-bond acceptors (Lipinski definition) is 3. The third-order valence-corrected chi connectivity index (χ3v) is 4.28. The molecule has 0 amide bonds. The van der Waals surface area contributed by atoms with Crippen LogP contribution in [-0.2, 0) is 0 Å². The molecular weight excluding hydrogens is 322 g/mol. The average molecular weight is 342 g/mol. The van der Waals surface area contributed by atoms with Crippen molar-refractivity contribution in [2.24, 2.45) is 5.73 Å². The standard InChI is InChI=1S/C14H20BrN3S/c1-10(9-18-6-2-3-7-18)17-13-5-4-11(14(16)19)8-12(13)15/h4-5,8,10,17H,2-3,6-7,9H2,1H3,(H2,16,19). The van der Waals surface area contributed by atoms with Gasteiger partial charge >= 0.3 is 0 Å². The Morgan fingerprint density at radius 1 is 1.47 bits per heavy atom. The number of halogens is 1. The van der Waals surface area contributed by atoms with Crippen LogP contribution in [0.1, 0.15) is 25.3 Å². The molecule has 1 heterocycles. The van der Waals surface area contributed by atoms with Gasteiger partial charge in [0.2, 0.25) is 0 Å². The van der Waals surface area contributed by atoms with E-state index in [1.165, 1.54) is 25.9 Å². The summed E-state index contributed by atoms with van der Waals surface area (Å²) in [6.45, 7) is 5.76. The number of anilines is 1. The molecule has 3 N–H and O–H groups in total. The molecule has 1 unspecified atom stereocenters. The van der Waals surface area contributed by atoms with Gasteiger partial charge in [0.15, 0.2) is 0 Å². The van der Waals surface area contributed by atoms with Crippen LogP contribution >= 0.6 is 28.1 Å². The number of thiocarbonyl (C=S) groups is 1. The predicted molar refractivity (Wildman–Crippen MR) is 88.8 cm³/mol. The highest BCUT2D eigenvalue weighted by atomic mass is 79.9. The van der Waals surface area contributed by atoms with E-state index in [1.54, 1.807) is 0 Å². The molecule has 1 aliphatic heterocycles. The van der Waals surface area contributed by atoms with E-state index < -0.39 is 0 Å². The van der Waals surface area contributed by atoms with E-state index in [1.807, 2.05) is 18.2 Å². The quantitative estimate of drug-likeness (QED) is 0.808. The maximum absolute atomic E-state index is 5.63. The zero-order valence-corrected chi connectivity index (χ0v) is 13.6. The van der Waals surface area contributed by atoms with E-state index in [0.717, 1.165) is 22.3 Å². The summed E-state index contributed by atoms with van der Waals surface area (Å²) in [5.41, 5.74) is 7.60. The van der Waals surface area contributed by atoms with Gasteiger partial charge in [-0.05, 0) is 67.0 Å². The van der Waals surface area contributed by atoms with Crippen LogP contribution in [0.25, 0.3) is 0 Å². The first-order valence-corrected chi connectivity index (χ1v) is 7.84.